The third kappa shape index (κ3) is 5.19. The number of rotatable bonds is 6. The highest BCUT2D eigenvalue weighted by molar-refractivity contribution is 9.10. The second-order valence-electron chi connectivity index (χ2n) is 3.85. The van der Waals surface area contributed by atoms with Crippen molar-refractivity contribution in [1.29, 1.82) is 5.26 Å². The fraction of sp³-hybridized carbons (Fsp3) is 0.385. The van der Waals surface area contributed by atoms with Gasteiger partial charge in [0, 0.05) is 35.3 Å². The Bertz CT molecular complexity index is 468. The van der Waals surface area contributed by atoms with E-state index in [0.717, 1.165) is 4.47 Å². The summed E-state index contributed by atoms with van der Waals surface area (Å²) in [6.07, 6.45) is 0.289. The fourth-order valence-electron chi connectivity index (χ4n) is 1.56. The summed E-state index contributed by atoms with van der Waals surface area (Å²) in [4.78, 5) is 13.9. The van der Waals surface area contributed by atoms with Crippen molar-refractivity contribution in [3.8, 4) is 6.07 Å². The molecule has 0 aliphatic rings. The number of methoxy groups -OCH3 is 1. The summed E-state index contributed by atoms with van der Waals surface area (Å²) in [5, 5.41) is 9.12. The van der Waals surface area contributed by atoms with Crippen molar-refractivity contribution in [1.82, 2.24) is 4.90 Å². The van der Waals surface area contributed by atoms with Gasteiger partial charge >= 0.3 is 0 Å². The van der Waals surface area contributed by atoms with Gasteiger partial charge in [-0.1, -0.05) is 27.5 Å². The van der Waals surface area contributed by atoms with Gasteiger partial charge in [0.1, 0.15) is 0 Å². The lowest BCUT2D eigenvalue weighted by Crippen LogP contribution is -2.34. The molecule has 0 atom stereocenters. The first-order valence-electron chi connectivity index (χ1n) is 5.69. The predicted molar refractivity (Wildman–Crippen MR) is 77.2 cm³/mol. The van der Waals surface area contributed by atoms with Crippen LogP contribution in [0.3, 0.4) is 0 Å². The Morgan fingerprint density at radius 1 is 1.47 bits per heavy atom. The lowest BCUT2D eigenvalue weighted by molar-refractivity contribution is 0.0700. The van der Waals surface area contributed by atoms with Crippen LogP contribution in [-0.2, 0) is 4.74 Å². The first-order chi connectivity index (χ1) is 9.08. The Hall–Kier alpha value is -1.09. The van der Waals surface area contributed by atoms with Crippen molar-refractivity contribution in [2.75, 3.05) is 26.8 Å². The summed E-state index contributed by atoms with van der Waals surface area (Å²) in [6, 6.07) is 7.07. The highest BCUT2D eigenvalue weighted by atomic mass is 79.9. The second-order valence-corrected chi connectivity index (χ2v) is 5.20. The summed E-state index contributed by atoms with van der Waals surface area (Å²) in [5.74, 6) is -0.157. The minimum absolute atomic E-state index is 0.157. The van der Waals surface area contributed by atoms with E-state index in [0.29, 0.717) is 30.3 Å². The molecular formula is C13H14BrClN2O2. The third-order valence-corrected chi connectivity index (χ3v) is 3.13. The zero-order chi connectivity index (χ0) is 14.3. The number of ether oxygens (including phenoxy) is 1. The van der Waals surface area contributed by atoms with Crippen LogP contribution in [0.25, 0.3) is 0 Å². The Kier molecular flexibility index (Phi) is 6.85. The van der Waals surface area contributed by atoms with E-state index in [9.17, 15) is 4.79 Å². The van der Waals surface area contributed by atoms with Crippen molar-refractivity contribution < 1.29 is 9.53 Å². The number of nitrogens with zero attached hydrogens (tertiary/aromatic N) is 2. The third-order valence-electron chi connectivity index (χ3n) is 2.46. The van der Waals surface area contributed by atoms with Crippen LogP contribution in [0.5, 0.6) is 0 Å². The molecule has 0 heterocycles. The largest absolute Gasteiger partial charge is 0.383 e. The van der Waals surface area contributed by atoms with Crippen LogP contribution >= 0.6 is 27.5 Å². The molecule has 1 aromatic rings. The molecule has 19 heavy (non-hydrogen) atoms. The van der Waals surface area contributed by atoms with Gasteiger partial charge in [0.15, 0.2) is 0 Å². The van der Waals surface area contributed by atoms with Gasteiger partial charge in [-0.25, -0.2) is 0 Å². The maximum absolute atomic E-state index is 12.3. The van der Waals surface area contributed by atoms with Gasteiger partial charge in [0.25, 0.3) is 5.91 Å². The van der Waals surface area contributed by atoms with E-state index in [4.69, 9.17) is 21.6 Å². The van der Waals surface area contributed by atoms with Gasteiger partial charge in [0.2, 0.25) is 0 Å². The monoisotopic (exact) mass is 344 g/mol. The molecule has 0 N–H and O–H groups in total. The number of hydrogen-bond acceptors (Lipinski definition) is 3. The van der Waals surface area contributed by atoms with Crippen molar-refractivity contribution in [2.45, 2.75) is 6.42 Å². The molecular weight excluding hydrogens is 332 g/mol. The van der Waals surface area contributed by atoms with Gasteiger partial charge in [-0.15, -0.1) is 0 Å². The molecule has 0 radical (unpaired) electrons. The fourth-order valence-corrected chi connectivity index (χ4v) is 2.42. The highest BCUT2D eigenvalue weighted by Gasteiger charge is 2.16. The van der Waals surface area contributed by atoms with Crippen LogP contribution in [-0.4, -0.2) is 37.6 Å². The molecule has 0 bridgehead atoms. The Labute approximate surface area is 126 Å². The van der Waals surface area contributed by atoms with E-state index in [1.54, 1.807) is 30.2 Å². The molecule has 0 saturated carbocycles. The summed E-state index contributed by atoms with van der Waals surface area (Å²) < 4.78 is 5.72. The summed E-state index contributed by atoms with van der Waals surface area (Å²) >= 11 is 9.23. The minimum atomic E-state index is -0.157. The van der Waals surface area contributed by atoms with E-state index in [2.05, 4.69) is 15.9 Å². The van der Waals surface area contributed by atoms with Crippen molar-refractivity contribution >= 4 is 33.4 Å². The van der Waals surface area contributed by atoms with E-state index < -0.39 is 0 Å². The Morgan fingerprint density at radius 3 is 2.79 bits per heavy atom. The van der Waals surface area contributed by atoms with Crippen LogP contribution in [0.4, 0.5) is 0 Å². The Morgan fingerprint density at radius 2 is 2.21 bits per heavy atom. The normalized spacial score (nSPS) is 10.0. The van der Waals surface area contributed by atoms with Crippen LogP contribution in [0.1, 0.15) is 16.8 Å². The zero-order valence-corrected chi connectivity index (χ0v) is 12.9. The van der Waals surface area contributed by atoms with Gasteiger partial charge in [-0.05, 0) is 18.2 Å². The van der Waals surface area contributed by atoms with Crippen molar-refractivity contribution in [3.63, 3.8) is 0 Å². The SMILES string of the molecule is COCCN(CCC#N)C(=O)c1cc(Cl)cc(Br)c1. The molecule has 1 rings (SSSR count). The molecule has 0 aliphatic heterocycles. The number of carbonyl (C=O) groups is 1. The molecule has 0 unspecified atom stereocenters. The molecule has 0 spiro atoms. The summed E-state index contributed by atoms with van der Waals surface area (Å²) in [7, 11) is 1.57. The van der Waals surface area contributed by atoms with Gasteiger partial charge in [-0.3, -0.25) is 4.79 Å². The number of halogens is 2. The molecule has 4 nitrogen and oxygen atoms in total. The van der Waals surface area contributed by atoms with E-state index in [1.165, 1.54) is 0 Å². The lowest BCUT2D eigenvalue weighted by Gasteiger charge is -2.21. The van der Waals surface area contributed by atoms with Crippen molar-refractivity contribution in [3.05, 3.63) is 33.3 Å². The minimum Gasteiger partial charge on any atom is -0.383 e. The number of nitriles is 1. The molecule has 0 aromatic heterocycles. The first kappa shape index (κ1) is 16.0. The summed E-state index contributed by atoms with van der Waals surface area (Å²) in [6.45, 7) is 1.25. The van der Waals surface area contributed by atoms with Gasteiger partial charge in [0.05, 0.1) is 19.1 Å². The average molecular weight is 346 g/mol. The topological polar surface area (TPSA) is 53.3 Å². The second kappa shape index (κ2) is 8.16. The number of carbonyl (C=O) groups excluding carboxylic acids is 1. The van der Waals surface area contributed by atoms with Gasteiger partial charge in [-0.2, -0.15) is 5.26 Å². The average Bonchev–Trinajstić information content (AvgIpc) is 2.37. The number of benzene rings is 1. The molecule has 1 aromatic carbocycles. The zero-order valence-electron chi connectivity index (χ0n) is 10.5. The van der Waals surface area contributed by atoms with Crippen molar-refractivity contribution in [2.24, 2.45) is 0 Å². The summed E-state index contributed by atoms with van der Waals surface area (Å²) in [5.41, 5.74) is 0.494. The molecule has 102 valence electrons. The molecule has 1 amide bonds. The smallest absolute Gasteiger partial charge is 0.254 e. The first-order valence-corrected chi connectivity index (χ1v) is 6.87. The predicted octanol–water partition coefficient (Wildman–Crippen LogP) is 3.10. The molecule has 0 saturated heterocycles. The maximum Gasteiger partial charge on any atom is 0.254 e. The van der Waals surface area contributed by atoms with Crippen LogP contribution < -0.4 is 0 Å². The molecule has 0 fully saturated rings. The molecule has 6 heteroatoms. The van der Waals surface area contributed by atoms with Crippen LogP contribution in [0.15, 0.2) is 22.7 Å². The van der Waals surface area contributed by atoms with Crippen LogP contribution in [0, 0.1) is 11.3 Å². The van der Waals surface area contributed by atoms with E-state index in [1.807, 2.05) is 6.07 Å². The standard InChI is InChI=1S/C13H14BrClN2O2/c1-19-6-5-17(4-2-3-16)13(18)10-7-11(14)9-12(15)8-10/h7-9H,2,4-6H2,1H3. The number of amides is 1. The maximum atomic E-state index is 12.3. The lowest BCUT2D eigenvalue weighted by atomic mass is 10.2. The molecule has 0 aliphatic carbocycles. The van der Waals surface area contributed by atoms with E-state index in [-0.39, 0.29) is 12.3 Å². The van der Waals surface area contributed by atoms with Crippen LogP contribution in [0.2, 0.25) is 5.02 Å². The number of hydrogen-bond donors (Lipinski definition) is 0. The quantitative estimate of drug-likeness (QED) is 0.796. The van der Waals surface area contributed by atoms with Gasteiger partial charge < -0.3 is 9.64 Å². The highest BCUT2D eigenvalue weighted by Crippen LogP contribution is 2.20. The Balaban J connectivity index is 2.87. The van der Waals surface area contributed by atoms with E-state index >= 15 is 0 Å².